The predicted octanol–water partition coefficient (Wildman–Crippen LogP) is 4.97. The number of anilines is 2. The Bertz CT molecular complexity index is 1150. The van der Waals surface area contributed by atoms with E-state index in [2.05, 4.69) is 5.32 Å². The molecule has 3 aromatic carbocycles. The van der Waals surface area contributed by atoms with Crippen molar-refractivity contribution in [2.24, 2.45) is 0 Å². The first-order chi connectivity index (χ1) is 16.0. The topological polar surface area (TPSA) is 67.9 Å². The van der Waals surface area contributed by atoms with Crippen LogP contribution in [-0.4, -0.2) is 31.6 Å². The van der Waals surface area contributed by atoms with E-state index in [1.54, 1.807) is 23.1 Å². The Hall–Kier alpha value is -3.87. The molecule has 0 saturated heterocycles. The molecule has 0 saturated carbocycles. The van der Waals surface area contributed by atoms with E-state index < -0.39 is 5.82 Å². The van der Waals surface area contributed by atoms with Gasteiger partial charge in [-0.3, -0.25) is 9.59 Å². The van der Waals surface area contributed by atoms with Crippen LogP contribution in [0.5, 0.6) is 11.5 Å². The summed E-state index contributed by atoms with van der Waals surface area (Å²) in [6.07, 6.45) is 1.54. The van der Waals surface area contributed by atoms with Crippen LogP contribution < -0.4 is 19.7 Å². The molecule has 0 spiro atoms. The van der Waals surface area contributed by atoms with E-state index in [4.69, 9.17) is 9.47 Å². The summed E-state index contributed by atoms with van der Waals surface area (Å²) in [4.78, 5) is 26.7. The molecule has 0 atom stereocenters. The van der Waals surface area contributed by atoms with Gasteiger partial charge in [-0.2, -0.15) is 0 Å². The summed E-state index contributed by atoms with van der Waals surface area (Å²) in [5.41, 5.74) is 2.62. The SMILES string of the molecule is Cc1cccc(OCCCCN2C(=O)COc3ccc(NC(=O)c4ccc(F)cc4)cc32)c1. The summed E-state index contributed by atoms with van der Waals surface area (Å²) in [5, 5.41) is 2.79. The molecule has 7 heteroatoms. The van der Waals surface area contributed by atoms with Gasteiger partial charge in [0.25, 0.3) is 11.8 Å². The van der Waals surface area contributed by atoms with Crippen LogP contribution >= 0.6 is 0 Å². The number of fused-ring (bicyclic) bond motifs is 1. The zero-order valence-electron chi connectivity index (χ0n) is 18.3. The molecule has 0 aliphatic carbocycles. The van der Waals surface area contributed by atoms with Crippen molar-refractivity contribution in [2.75, 3.05) is 30.0 Å². The number of carbonyl (C=O) groups excluding carboxylic acids is 2. The third kappa shape index (κ3) is 5.68. The number of rotatable bonds is 8. The van der Waals surface area contributed by atoms with E-state index in [9.17, 15) is 14.0 Å². The highest BCUT2D eigenvalue weighted by atomic mass is 19.1. The second kappa shape index (κ2) is 10.2. The highest BCUT2D eigenvalue weighted by molar-refractivity contribution is 6.05. The fraction of sp³-hybridized carbons (Fsp3) is 0.231. The highest BCUT2D eigenvalue weighted by Gasteiger charge is 2.25. The molecule has 4 rings (SSSR count). The summed E-state index contributed by atoms with van der Waals surface area (Å²) in [6.45, 7) is 3.07. The Balaban J connectivity index is 1.37. The first-order valence-electron chi connectivity index (χ1n) is 10.8. The van der Waals surface area contributed by atoms with Crippen LogP contribution in [0.1, 0.15) is 28.8 Å². The largest absolute Gasteiger partial charge is 0.494 e. The molecule has 0 radical (unpaired) electrons. The fourth-order valence-corrected chi connectivity index (χ4v) is 3.60. The van der Waals surface area contributed by atoms with Crippen LogP contribution in [-0.2, 0) is 4.79 Å². The van der Waals surface area contributed by atoms with Crippen molar-refractivity contribution in [3.05, 3.63) is 83.7 Å². The molecule has 1 aliphatic heterocycles. The van der Waals surface area contributed by atoms with E-state index >= 15 is 0 Å². The van der Waals surface area contributed by atoms with Crippen molar-refractivity contribution in [1.82, 2.24) is 0 Å². The average Bonchev–Trinajstić information content (AvgIpc) is 2.80. The molecule has 6 nitrogen and oxygen atoms in total. The Morgan fingerprint density at radius 3 is 2.70 bits per heavy atom. The quantitative estimate of drug-likeness (QED) is 0.494. The van der Waals surface area contributed by atoms with Crippen LogP contribution in [0.3, 0.4) is 0 Å². The zero-order valence-corrected chi connectivity index (χ0v) is 18.3. The molecule has 0 bridgehead atoms. The first-order valence-corrected chi connectivity index (χ1v) is 10.8. The molecule has 170 valence electrons. The number of unbranched alkanes of at least 4 members (excludes halogenated alkanes) is 1. The molecule has 33 heavy (non-hydrogen) atoms. The number of aryl methyl sites for hydroxylation is 1. The normalized spacial score (nSPS) is 12.7. The van der Waals surface area contributed by atoms with Gasteiger partial charge in [0, 0.05) is 17.8 Å². The summed E-state index contributed by atoms with van der Waals surface area (Å²) < 4.78 is 24.4. The number of halogens is 1. The average molecular weight is 448 g/mol. The van der Waals surface area contributed by atoms with Gasteiger partial charge in [-0.05, 0) is 79.9 Å². The summed E-state index contributed by atoms with van der Waals surface area (Å²) in [6, 6.07) is 18.4. The Morgan fingerprint density at radius 1 is 1.09 bits per heavy atom. The lowest BCUT2D eigenvalue weighted by atomic mass is 10.1. The molecular weight excluding hydrogens is 423 g/mol. The van der Waals surface area contributed by atoms with Crippen LogP contribution in [0.2, 0.25) is 0 Å². The second-order valence-corrected chi connectivity index (χ2v) is 7.85. The highest BCUT2D eigenvalue weighted by Crippen LogP contribution is 2.35. The molecule has 3 aromatic rings. The van der Waals surface area contributed by atoms with Gasteiger partial charge in [0.15, 0.2) is 6.61 Å². The Labute approximate surface area is 191 Å². The van der Waals surface area contributed by atoms with Crippen molar-refractivity contribution >= 4 is 23.2 Å². The third-order valence-electron chi connectivity index (χ3n) is 5.30. The van der Waals surface area contributed by atoms with Crippen LogP contribution in [0.25, 0.3) is 0 Å². The van der Waals surface area contributed by atoms with Crippen molar-refractivity contribution in [1.29, 1.82) is 0 Å². The van der Waals surface area contributed by atoms with Gasteiger partial charge in [-0.1, -0.05) is 12.1 Å². The number of nitrogens with one attached hydrogen (secondary N) is 1. The molecule has 0 fully saturated rings. The minimum Gasteiger partial charge on any atom is -0.494 e. The standard InChI is InChI=1S/C26H25FN2O4/c1-18-5-4-6-22(15-18)32-14-3-2-13-29-23-16-21(11-12-24(23)33-17-25(29)30)28-26(31)19-7-9-20(27)10-8-19/h4-12,15-16H,2-3,13-14,17H2,1H3,(H,28,31). The van der Waals surface area contributed by atoms with Crippen LogP contribution in [0.15, 0.2) is 66.7 Å². The summed E-state index contributed by atoms with van der Waals surface area (Å²) in [7, 11) is 0. The van der Waals surface area contributed by atoms with Crippen LogP contribution in [0.4, 0.5) is 15.8 Å². The molecule has 2 amide bonds. The number of benzene rings is 3. The maximum atomic E-state index is 13.1. The number of hydrogen-bond donors (Lipinski definition) is 1. The third-order valence-corrected chi connectivity index (χ3v) is 5.30. The smallest absolute Gasteiger partial charge is 0.265 e. The van der Waals surface area contributed by atoms with E-state index in [-0.39, 0.29) is 18.4 Å². The van der Waals surface area contributed by atoms with E-state index in [1.807, 2.05) is 31.2 Å². The van der Waals surface area contributed by atoms with Crippen molar-refractivity contribution < 1.29 is 23.5 Å². The summed E-state index contributed by atoms with van der Waals surface area (Å²) >= 11 is 0. The van der Waals surface area contributed by atoms with Crippen molar-refractivity contribution in [2.45, 2.75) is 19.8 Å². The maximum absolute atomic E-state index is 13.1. The predicted molar refractivity (Wildman–Crippen MR) is 125 cm³/mol. The Morgan fingerprint density at radius 2 is 1.91 bits per heavy atom. The van der Waals surface area contributed by atoms with Gasteiger partial charge in [0.2, 0.25) is 0 Å². The van der Waals surface area contributed by atoms with Crippen molar-refractivity contribution in [3.8, 4) is 11.5 Å². The van der Waals surface area contributed by atoms with Gasteiger partial charge in [0.05, 0.1) is 12.3 Å². The summed E-state index contributed by atoms with van der Waals surface area (Å²) in [5.74, 6) is 0.521. The number of carbonyl (C=O) groups is 2. The maximum Gasteiger partial charge on any atom is 0.265 e. The number of hydrogen-bond acceptors (Lipinski definition) is 4. The van der Waals surface area contributed by atoms with Gasteiger partial charge in [0.1, 0.15) is 17.3 Å². The van der Waals surface area contributed by atoms with Gasteiger partial charge >= 0.3 is 0 Å². The monoisotopic (exact) mass is 448 g/mol. The second-order valence-electron chi connectivity index (χ2n) is 7.85. The van der Waals surface area contributed by atoms with E-state index in [1.165, 1.54) is 24.3 Å². The lowest BCUT2D eigenvalue weighted by Gasteiger charge is -2.30. The lowest BCUT2D eigenvalue weighted by molar-refractivity contribution is -0.121. The Kier molecular flexibility index (Phi) is 6.88. The molecule has 0 aromatic heterocycles. The minimum atomic E-state index is -0.407. The number of amides is 2. The minimum absolute atomic E-state index is 0.0198. The van der Waals surface area contributed by atoms with Gasteiger partial charge in [-0.15, -0.1) is 0 Å². The number of ether oxygens (including phenoxy) is 2. The van der Waals surface area contributed by atoms with E-state index in [0.29, 0.717) is 35.8 Å². The molecule has 1 aliphatic rings. The van der Waals surface area contributed by atoms with Crippen molar-refractivity contribution in [3.63, 3.8) is 0 Å². The lowest BCUT2D eigenvalue weighted by Crippen LogP contribution is -2.39. The fourth-order valence-electron chi connectivity index (χ4n) is 3.60. The first kappa shape index (κ1) is 22.3. The van der Waals surface area contributed by atoms with Crippen LogP contribution in [0, 0.1) is 12.7 Å². The number of nitrogens with zero attached hydrogens (tertiary/aromatic N) is 1. The molecule has 0 unspecified atom stereocenters. The van der Waals surface area contributed by atoms with Gasteiger partial charge < -0.3 is 19.7 Å². The molecule has 1 N–H and O–H groups in total. The zero-order chi connectivity index (χ0) is 23.2. The van der Waals surface area contributed by atoms with Gasteiger partial charge in [-0.25, -0.2) is 4.39 Å². The van der Waals surface area contributed by atoms with E-state index in [0.717, 1.165) is 24.2 Å². The molecular formula is C26H25FN2O4. The molecule has 1 heterocycles.